The molecule has 2 aromatic carbocycles. The van der Waals surface area contributed by atoms with Crippen molar-refractivity contribution in [3.63, 3.8) is 0 Å². The molecular weight excluding hydrogens is 407 g/mol. The lowest BCUT2D eigenvalue weighted by molar-refractivity contribution is -0.143. The van der Waals surface area contributed by atoms with Gasteiger partial charge in [0.25, 0.3) is 5.91 Å². The lowest BCUT2D eigenvalue weighted by Gasteiger charge is -2.31. The van der Waals surface area contributed by atoms with Gasteiger partial charge in [0.1, 0.15) is 17.6 Å². The van der Waals surface area contributed by atoms with E-state index in [2.05, 4.69) is 5.32 Å². The number of amides is 2. The van der Waals surface area contributed by atoms with Crippen LogP contribution in [0.3, 0.4) is 0 Å². The molecule has 0 saturated carbocycles. The Hall–Kier alpha value is -2.60. The van der Waals surface area contributed by atoms with E-state index in [9.17, 15) is 14.0 Å². The molecule has 1 N–H and O–H groups in total. The highest BCUT2D eigenvalue weighted by Gasteiger charge is 2.29. The van der Waals surface area contributed by atoms with E-state index >= 15 is 0 Å². The zero-order chi connectivity index (χ0) is 22.1. The smallest absolute Gasteiger partial charge is 0.261 e. The fourth-order valence-corrected chi connectivity index (χ4v) is 3.11. The van der Waals surface area contributed by atoms with Crippen LogP contribution in [0.25, 0.3) is 0 Å². The minimum Gasteiger partial charge on any atom is -0.484 e. The Morgan fingerprint density at radius 2 is 1.80 bits per heavy atom. The predicted octanol–water partition coefficient (Wildman–Crippen LogP) is 4.44. The van der Waals surface area contributed by atoms with Gasteiger partial charge in [-0.1, -0.05) is 50.6 Å². The molecule has 0 heterocycles. The van der Waals surface area contributed by atoms with Gasteiger partial charge >= 0.3 is 0 Å². The van der Waals surface area contributed by atoms with Crippen LogP contribution in [0.2, 0.25) is 5.02 Å². The van der Waals surface area contributed by atoms with E-state index in [0.717, 1.165) is 5.56 Å². The van der Waals surface area contributed by atoms with Crippen molar-refractivity contribution in [1.82, 2.24) is 10.2 Å². The van der Waals surface area contributed by atoms with Gasteiger partial charge in [-0.2, -0.15) is 0 Å². The molecular formula is C23H28ClFN2O3. The molecule has 0 aliphatic carbocycles. The molecule has 0 bridgehead atoms. The number of rotatable bonds is 10. The first-order valence-corrected chi connectivity index (χ1v) is 10.4. The average Bonchev–Trinajstić information content (AvgIpc) is 2.72. The molecule has 2 amide bonds. The second kappa shape index (κ2) is 11.6. The normalized spacial score (nSPS) is 11.8. The van der Waals surface area contributed by atoms with Crippen LogP contribution in [0, 0.1) is 11.7 Å². The monoisotopic (exact) mass is 434 g/mol. The van der Waals surface area contributed by atoms with Crippen LogP contribution in [0.1, 0.15) is 32.8 Å². The van der Waals surface area contributed by atoms with Gasteiger partial charge in [-0.25, -0.2) is 4.39 Å². The van der Waals surface area contributed by atoms with E-state index in [1.54, 1.807) is 6.07 Å². The molecule has 0 aliphatic rings. The van der Waals surface area contributed by atoms with E-state index < -0.39 is 6.04 Å². The highest BCUT2D eigenvalue weighted by Crippen LogP contribution is 2.20. The molecule has 5 nitrogen and oxygen atoms in total. The predicted molar refractivity (Wildman–Crippen MR) is 116 cm³/mol. The summed E-state index contributed by atoms with van der Waals surface area (Å²) in [5.74, 6) is -0.290. The third-order valence-electron chi connectivity index (χ3n) is 4.54. The summed E-state index contributed by atoms with van der Waals surface area (Å²) in [7, 11) is 0. The molecule has 0 radical (unpaired) electrons. The van der Waals surface area contributed by atoms with E-state index in [-0.39, 0.29) is 30.8 Å². The molecule has 0 unspecified atom stereocenters. The van der Waals surface area contributed by atoms with Crippen molar-refractivity contribution < 1.29 is 18.7 Å². The number of nitrogens with zero attached hydrogens (tertiary/aromatic N) is 1. The lowest BCUT2D eigenvalue weighted by Crippen LogP contribution is -2.50. The number of halogens is 2. The third kappa shape index (κ3) is 7.02. The topological polar surface area (TPSA) is 58.6 Å². The van der Waals surface area contributed by atoms with Crippen LogP contribution in [0.5, 0.6) is 5.75 Å². The van der Waals surface area contributed by atoms with Crippen LogP contribution in [0.15, 0.2) is 48.5 Å². The minimum atomic E-state index is -0.663. The third-order valence-corrected chi connectivity index (χ3v) is 4.91. The molecule has 2 rings (SSSR count). The Bertz CT molecular complexity index is 843. The average molecular weight is 435 g/mol. The molecule has 0 aliphatic heterocycles. The van der Waals surface area contributed by atoms with Crippen LogP contribution in [-0.4, -0.2) is 35.9 Å². The van der Waals surface area contributed by atoms with Crippen LogP contribution < -0.4 is 10.1 Å². The van der Waals surface area contributed by atoms with Gasteiger partial charge in [-0.3, -0.25) is 9.59 Å². The van der Waals surface area contributed by atoms with Crippen molar-refractivity contribution in [2.45, 2.75) is 39.8 Å². The van der Waals surface area contributed by atoms with Crippen LogP contribution in [0.4, 0.5) is 4.39 Å². The maximum absolute atomic E-state index is 13.1. The number of hydrogen-bond donors (Lipinski definition) is 1. The second-order valence-electron chi connectivity index (χ2n) is 7.42. The number of carbonyl (C=O) groups is 2. The molecule has 30 heavy (non-hydrogen) atoms. The van der Waals surface area contributed by atoms with Gasteiger partial charge in [0, 0.05) is 18.1 Å². The first kappa shape index (κ1) is 23.7. The van der Waals surface area contributed by atoms with Crippen LogP contribution >= 0.6 is 11.6 Å². The van der Waals surface area contributed by atoms with Crippen molar-refractivity contribution >= 4 is 23.4 Å². The van der Waals surface area contributed by atoms with E-state index in [1.165, 1.54) is 29.2 Å². The number of nitrogens with one attached hydrogen (secondary N) is 1. The summed E-state index contributed by atoms with van der Waals surface area (Å²) >= 11 is 6.29. The first-order chi connectivity index (χ1) is 14.3. The number of benzene rings is 2. The Morgan fingerprint density at radius 1 is 1.13 bits per heavy atom. The zero-order valence-electron chi connectivity index (χ0n) is 17.5. The Labute approximate surface area is 182 Å². The Balaban J connectivity index is 2.19. The number of ether oxygens (including phenoxy) is 1. The molecule has 2 aromatic rings. The van der Waals surface area contributed by atoms with Crippen molar-refractivity contribution in [3.05, 3.63) is 64.9 Å². The van der Waals surface area contributed by atoms with Crippen molar-refractivity contribution in [2.75, 3.05) is 13.2 Å². The minimum absolute atomic E-state index is 0.179. The fourth-order valence-electron chi connectivity index (χ4n) is 2.91. The summed E-state index contributed by atoms with van der Waals surface area (Å²) in [4.78, 5) is 27.3. The van der Waals surface area contributed by atoms with Gasteiger partial charge in [-0.05, 0) is 48.2 Å². The van der Waals surface area contributed by atoms with E-state index in [0.29, 0.717) is 29.7 Å². The van der Waals surface area contributed by atoms with Gasteiger partial charge < -0.3 is 15.0 Å². The first-order valence-electron chi connectivity index (χ1n) is 10.0. The van der Waals surface area contributed by atoms with Crippen molar-refractivity contribution in [2.24, 2.45) is 5.92 Å². The molecule has 0 fully saturated rings. The SMILES string of the molecule is CC[C@H](C(=O)NCC(C)C)N(Cc1ccccc1Cl)C(=O)COc1ccc(F)cc1. The quantitative estimate of drug-likeness (QED) is 0.601. The number of hydrogen-bond acceptors (Lipinski definition) is 3. The Morgan fingerprint density at radius 3 is 2.40 bits per heavy atom. The summed E-state index contributed by atoms with van der Waals surface area (Å²) in [5, 5.41) is 3.42. The van der Waals surface area contributed by atoms with E-state index in [1.807, 2.05) is 39.0 Å². The van der Waals surface area contributed by atoms with Gasteiger partial charge in [0.15, 0.2) is 6.61 Å². The molecule has 7 heteroatoms. The van der Waals surface area contributed by atoms with Crippen molar-refractivity contribution in [3.8, 4) is 5.75 Å². The van der Waals surface area contributed by atoms with Crippen LogP contribution in [-0.2, 0) is 16.1 Å². The van der Waals surface area contributed by atoms with Gasteiger partial charge in [0.2, 0.25) is 5.91 Å². The zero-order valence-corrected chi connectivity index (χ0v) is 18.3. The molecule has 0 aromatic heterocycles. The Kier molecular flexibility index (Phi) is 9.12. The molecule has 162 valence electrons. The van der Waals surface area contributed by atoms with Gasteiger partial charge in [0.05, 0.1) is 0 Å². The second-order valence-corrected chi connectivity index (χ2v) is 7.83. The highest BCUT2D eigenvalue weighted by atomic mass is 35.5. The largest absolute Gasteiger partial charge is 0.484 e. The summed E-state index contributed by atoms with van der Waals surface area (Å²) in [5.41, 5.74) is 0.740. The summed E-state index contributed by atoms with van der Waals surface area (Å²) in [6, 6.07) is 12.0. The summed E-state index contributed by atoms with van der Waals surface area (Å²) in [6.45, 7) is 6.29. The summed E-state index contributed by atoms with van der Waals surface area (Å²) < 4.78 is 18.6. The standard InChI is InChI=1S/C23H28ClFN2O3/c1-4-21(23(29)26-13-16(2)3)27(14-17-7-5-6-8-20(17)24)22(28)15-30-19-11-9-18(25)10-12-19/h5-12,16,21H,4,13-15H2,1-3H3,(H,26,29)/t21-/m1/s1. The fraction of sp³-hybridized carbons (Fsp3) is 0.391. The maximum Gasteiger partial charge on any atom is 0.261 e. The lowest BCUT2D eigenvalue weighted by atomic mass is 10.1. The molecule has 0 saturated heterocycles. The maximum atomic E-state index is 13.1. The summed E-state index contributed by atoms with van der Waals surface area (Å²) in [6.07, 6.45) is 0.441. The van der Waals surface area contributed by atoms with Gasteiger partial charge in [-0.15, -0.1) is 0 Å². The molecule has 1 atom stereocenters. The van der Waals surface area contributed by atoms with E-state index in [4.69, 9.17) is 16.3 Å². The highest BCUT2D eigenvalue weighted by molar-refractivity contribution is 6.31. The van der Waals surface area contributed by atoms with Crippen molar-refractivity contribution in [1.29, 1.82) is 0 Å². The molecule has 0 spiro atoms. The number of carbonyl (C=O) groups excluding carboxylic acids is 2.